The maximum atomic E-state index is 11.4. The quantitative estimate of drug-likeness (QED) is 0.455. The van der Waals surface area contributed by atoms with E-state index < -0.39 is 10.0 Å². The molecule has 1 heterocycles. The highest BCUT2D eigenvalue weighted by Crippen LogP contribution is 2.30. The predicted molar refractivity (Wildman–Crippen MR) is 119 cm³/mol. The summed E-state index contributed by atoms with van der Waals surface area (Å²) in [4.78, 5) is 7.05. The van der Waals surface area contributed by atoms with Crippen molar-refractivity contribution in [3.8, 4) is 5.75 Å². The molecule has 3 rings (SSSR count). The molecule has 2 aromatic carbocycles. The van der Waals surface area contributed by atoms with E-state index in [0.717, 1.165) is 49.0 Å². The molecular weight excluding hydrogens is 402 g/mol. The average Bonchev–Trinajstić information content (AvgIpc) is 3.20. The number of anilines is 1. The number of aliphatic imine (C=N–C) groups is 1. The summed E-state index contributed by atoms with van der Waals surface area (Å²) in [6, 6.07) is 14.8. The van der Waals surface area contributed by atoms with Gasteiger partial charge in [-0.1, -0.05) is 24.3 Å². The van der Waals surface area contributed by atoms with Gasteiger partial charge in [-0.05, 0) is 43.2 Å². The molecule has 9 heteroatoms. The van der Waals surface area contributed by atoms with Crippen LogP contribution < -0.4 is 25.4 Å². The highest BCUT2D eigenvalue weighted by atomic mass is 32.2. The van der Waals surface area contributed by atoms with Crippen molar-refractivity contribution in [3.63, 3.8) is 0 Å². The largest absolute Gasteiger partial charge is 0.495 e. The summed E-state index contributed by atoms with van der Waals surface area (Å²) < 4.78 is 28.2. The van der Waals surface area contributed by atoms with E-state index in [1.165, 1.54) is 12.1 Å². The Bertz CT molecular complexity index is 976. The first-order valence-corrected chi connectivity index (χ1v) is 11.5. The number of para-hydroxylation sites is 2. The molecule has 1 saturated heterocycles. The number of ether oxygens (including phenoxy) is 1. The highest BCUT2D eigenvalue weighted by Gasteiger charge is 2.25. The minimum absolute atomic E-state index is 0.0997. The Morgan fingerprint density at radius 1 is 1.23 bits per heavy atom. The van der Waals surface area contributed by atoms with Crippen molar-refractivity contribution in [1.82, 2.24) is 10.6 Å². The molecular formula is C21H29N5O3S. The Morgan fingerprint density at radius 2 is 1.97 bits per heavy atom. The van der Waals surface area contributed by atoms with Gasteiger partial charge in [0.2, 0.25) is 10.0 Å². The first-order chi connectivity index (χ1) is 14.4. The van der Waals surface area contributed by atoms with Gasteiger partial charge in [-0.15, -0.1) is 0 Å². The van der Waals surface area contributed by atoms with Gasteiger partial charge in [0.1, 0.15) is 5.75 Å². The van der Waals surface area contributed by atoms with E-state index in [-0.39, 0.29) is 10.9 Å². The normalized spacial score (nSPS) is 17.1. The Morgan fingerprint density at radius 3 is 2.63 bits per heavy atom. The Labute approximate surface area is 178 Å². The number of nitrogens with zero attached hydrogens (tertiary/aromatic N) is 2. The van der Waals surface area contributed by atoms with Crippen LogP contribution in [-0.4, -0.2) is 47.2 Å². The lowest BCUT2D eigenvalue weighted by Gasteiger charge is -2.22. The third kappa shape index (κ3) is 5.64. The molecule has 8 nitrogen and oxygen atoms in total. The van der Waals surface area contributed by atoms with Gasteiger partial charge in [0, 0.05) is 25.7 Å². The standard InChI is InChI=1S/C21H29N5O3S/c1-3-23-21(24-14-16-8-10-18(11-9-16)30(22,27)28)25-17-12-13-26(15-17)19-6-4-5-7-20(19)29-2/h4-11,17H,3,12-15H2,1-2H3,(H2,22,27,28)(H2,23,24,25). The van der Waals surface area contributed by atoms with Crippen LogP contribution in [0.5, 0.6) is 5.75 Å². The molecule has 0 radical (unpaired) electrons. The van der Waals surface area contributed by atoms with Gasteiger partial charge >= 0.3 is 0 Å². The summed E-state index contributed by atoms with van der Waals surface area (Å²) in [6.45, 7) is 5.00. The van der Waals surface area contributed by atoms with Gasteiger partial charge in [-0.3, -0.25) is 0 Å². The maximum Gasteiger partial charge on any atom is 0.238 e. The Balaban J connectivity index is 1.63. The highest BCUT2D eigenvalue weighted by molar-refractivity contribution is 7.89. The van der Waals surface area contributed by atoms with Crippen molar-refractivity contribution in [2.24, 2.45) is 10.1 Å². The lowest BCUT2D eigenvalue weighted by atomic mass is 10.2. The number of sulfonamides is 1. The van der Waals surface area contributed by atoms with Crippen molar-refractivity contribution in [2.45, 2.75) is 30.8 Å². The first-order valence-electron chi connectivity index (χ1n) is 9.95. The van der Waals surface area contributed by atoms with Gasteiger partial charge in [0.15, 0.2) is 5.96 Å². The lowest BCUT2D eigenvalue weighted by molar-refractivity contribution is 0.415. The zero-order valence-electron chi connectivity index (χ0n) is 17.3. The van der Waals surface area contributed by atoms with E-state index >= 15 is 0 Å². The van der Waals surface area contributed by atoms with Gasteiger partial charge in [-0.25, -0.2) is 18.5 Å². The predicted octanol–water partition coefficient (Wildman–Crippen LogP) is 1.68. The van der Waals surface area contributed by atoms with E-state index in [4.69, 9.17) is 9.88 Å². The van der Waals surface area contributed by atoms with E-state index in [1.807, 2.05) is 25.1 Å². The van der Waals surface area contributed by atoms with Gasteiger partial charge in [0.05, 0.1) is 24.2 Å². The van der Waals surface area contributed by atoms with Crippen LogP contribution >= 0.6 is 0 Å². The van der Waals surface area contributed by atoms with Crippen molar-refractivity contribution >= 4 is 21.7 Å². The van der Waals surface area contributed by atoms with Gasteiger partial charge in [0.25, 0.3) is 0 Å². The van der Waals surface area contributed by atoms with Gasteiger partial charge in [-0.2, -0.15) is 0 Å². The van der Waals surface area contributed by atoms with Crippen molar-refractivity contribution in [1.29, 1.82) is 0 Å². The molecule has 2 aromatic rings. The van der Waals surface area contributed by atoms with Crippen LogP contribution in [0.15, 0.2) is 58.4 Å². The maximum absolute atomic E-state index is 11.4. The number of hydrogen-bond donors (Lipinski definition) is 3. The van der Waals surface area contributed by atoms with Crippen molar-refractivity contribution in [2.75, 3.05) is 31.6 Å². The van der Waals surface area contributed by atoms with Crippen LogP contribution in [0.4, 0.5) is 5.69 Å². The number of rotatable bonds is 7. The number of nitrogens with two attached hydrogens (primary N) is 1. The molecule has 1 atom stereocenters. The molecule has 0 aromatic heterocycles. The molecule has 162 valence electrons. The van der Waals surface area contributed by atoms with Crippen LogP contribution in [-0.2, 0) is 16.6 Å². The fourth-order valence-corrected chi connectivity index (χ4v) is 3.97. The van der Waals surface area contributed by atoms with Crippen LogP contribution in [0.2, 0.25) is 0 Å². The molecule has 1 unspecified atom stereocenters. The summed E-state index contributed by atoms with van der Waals surface area (Å²) in [7, 11) is -1.99. The van der Waals surface area contributed by atoms with E-state index in [0.29, 0.717) is 6.54 Å². The van der Waals surface area contributed by atoms with E-state index in [1.54, 1.807) is 19.2 Å². The van der Waals surface area contributed by atoms with Crippen LogP contribution in [0.3, 0.4) is 0 Å². The van der Waals surface area contributed by atoms with Crippen molar-refractivity contribution in [3.05, 3.63) is 54.1 Å². The topological polar surface area (TPSA) is 109 Å². The second-order valence-electron chi connectivity index (χ2n) is 7.13. The van der Waals surface area contributed by atoms with Gasteiger partial charge < -0.3 is 20.3 Å². The van der Waals surface area contributed by atoms with Crippen molar-refractivity contribution < 1.29 is 13.2 Å². The Kier molecular flexibility index (Phi) is 7.17. The SMILES string of the molecule is CCNC(=NCc1ccc(S(N)(=O)=O)cc1)NC1CCN(c2ccccc2OC)C1. The number of benzene rings is 2. The molecule has 0 saturated carbocycles. The molecule has 1 fully saturated rings. The number of hydrogen-bond acceptors (Lipinski definition) is 5. The van der Waals surface area contributed by atoms with E-state index in [2.05, 4.69) is 26.6 Å². The summed E-state index contributed by atoms with van der Waals surface area (Å²) in [5, 5.41) is 11.9. The number of guanidine groups is 1. The summed E-state index contributed by atoms with van der Waals surface area (Å²) in [6.07, 6.45) is 0.992. The summed E-state index contributed by atoms with van der Waals surface area (Å²) in [5.74, 6) is 1.61. The first kappa shape index (κ1) is 21.9. The molecule has 0 spiro atoms. The summed E-state index contributed by atoms with van der Waals surface area (Å²) >= 11 is 0. The molecule has 1 aliphatic heterocycles. The smallest absolute Gasteiger partial charge is 0.238 e. The summed E-state index contributed by atoms with van der Waals surface area (Å²) in [5.41, 5.74) is 2.00. The zero-order chi connectivity index (χ0) is 21.6. The number of primary sulfonamides is 1. The third-order valence-electron chi connectivity index (χ3n) is 4.97. The Hall–Kier alpha value is -2.78. The minimum Gasteiger partial charge on any atom is -0.495 e. The molecule has 30 heavy (non-hydrogen) atoms. The van der Waals surface area contributed by atoms with Crippen LogP contribution in [0, 0.1) is 0 Å². The fourth-order valence-electron chi connectivity index (χ4n) is 3.46. The zero-order valence-corrected chi connectivity index (χ0v) is 18.2. The second kappa shape index (κ2) is 9.82. The third-order valence-corrected chi connectivity index (χ3v) is 5.90. The fraction of sp³-hybridized carbons (Fsp3) is 0.381. The average molecular weight is 432 g/mol. The van der Waals surface area contributed by atoms with Crippen LogP contribution in [0.1, 0.15) is 18.9 Å². The molecule has 0 bridgehead atoms. The molecule has 0 aliphatic carbocycles. The molecule has 1 aliphatic rings. The lowest BCUT2D eigenvalue weighted by Crippen LogP contribution is -2.44. The second-order valence-corrected chi connectivity index (χ2v) is 8.69. The van der Waals surface area contributed by atoms with E-state index in [9.17, 15) is 8.42 Å². The molecule has 4 N–H and O–H groups in total. The van der Waals surface area contributed by atoms with Crippen LogP contribution in [0.25, 0.3) is 0 Å². The molecule has 0 amide bonds. The monoisotopic (exact) mass is 431 g/mol. The number of nitrogens with one attached hydrogen (secondary N) is 2. The number of methoxy groups -OCH3 is 1. The minimum atomic E-state index is -3.68.